The van der Waals surface area contributed by atoms with Gasteiger partial charge in [0.15, 0.2) is 0 Å². The van der Waals surface area contributed by atoms with E-state index in [2.05, 4.69) is 15.5 Å². The first-order valence-electron chi connectivity index (χ1n) is 6.12. The van der Waals surface area contributed by atoms with Crippen LogP contribution >= 0.6 is 0 Å². The van der Waals surface area contributed by atoms with Crippen LogP contribution in [0.25, 0.3) is 0 Å². The lowest BCUT2D eigenvalue weighted by atomic mass is 10.1. The summed E-state index contributed by atoms with van der Waals surface area (Å²) in [5.41, 5.74) is 1.84. The minimum atomic E-state index is -0.543. The van der Waals surface area contributed by atoms with E-state index in [1.165, 1.54) is 25.3 Å². The Kier molecular flexibility index (Phi) is 4.17. The number of nitro groups is 1. The van der Waals surface area contributed by atoms with Gasteiger partial charge in [0.1, 0.15) is 5.75 Å². The third-order valence-corrected chi connectivity index (χ3v) is 3.01. The van der Waals surface area contributed by atoms with Crippen LogP contribution in [0, 0.1) is 17.0 Å². The number of carbonyl (C=O) groups is 1. The molecule has 0 aliphatic rings. The number of benzene rings is 1. The summed E-state index contributed by atoms with van der Waals surface area (Å²) in [6.07, 6.45) is 1.63. The van der Waals surface area contributed by atoms with Gasteiger partial charge in [0.2, 0.25) is 0 Å². The number of ether oxygens (including phenoxy) is 1. The standard InChI is InChI=1S/C13H14N4O4/c1-8-9(7-15-16-8)6-14-13(18)11-4-3-10(17(19)20)5-12(11)21-2/h3-5,7H,6H2,1-2H3,(H,14,18)(H,15,16). The summed E-state index contributed by atoms with van der Waals surface area (Å²) in [4.78, 5) is 22.3. The smallest absolute Gasteiger partial charge is 0.273 e. The second-order valence-electron chi connectivity index (χ2n) is 4.34. The maximum absolute atomic E-state index is 12.1. The van der Waals surface area contributed by atoms with Crippen LogP contribution in [-0.2, 0) is 6.54 Å². The Morgan fingerprint density at radius 1 is 1.52 bits per heavy atom. The fourth-order valence-electron chi connectivity index (χ4n) is 1.81. The van der Waals surface area contributed by atoms with Crippen LogP contribution in [0.5, 0.6) is 5.75 Å². The van der Waals surface area contributed by atoms with Crippen molar-refractivity contribution in [1.29, 1.82) is 0 Å². The van der Waals surface area contributed by atoms with E-state index in [0.29, 0.717) is 6.54 Å². The molecule has 0 radical (unpaired) electrons. The van der Waals surface area contributed by atoms with E-state index >= 15 is 0 Å². The van der Waals surface area contributed by atoms with E-state index in [-0.39, 0.29) is 22.9 Å². The highest BCUT2D eigenvalue weighted by atomic mass is 16.6. The van der Waals surface area contributed by atoms with Crippen LogP contribution in [-0.4, -0.2) is 28.1 Å². The van der Waals surface area contributed by atoms with E-state index in [4.69, 9.17) is 4.74 Å². The summed E-state index contributed by atoms with van der Waals surface area (Å²) in [5, 5.41) is 20.1. The lowest BCUT2D eigenvalue weighted by Crippen LogP contribution is -2.23. The highest BCUT2D eigenvalue weighted by molar-refractivity contribution is 5.97. The zero-order valence-electron chi connectivity index (χ0n) is 11.5. The second kappa shape index (κ2) is 6.04. The molecule has 1 amide bonds. The summed E-state index contributed by atoms with van der Waals surface area (Å²) in [6.45, 7) is 2.16. The summed E-state index contributed by atoms with van der Waals surface area (Å²) >= 11 is 0. The fourth-order valence-corrected chi connectivity index (χ4v) is 1.81. The topological polar surface area (TPSA) is 110 Å². The molecular weight excluding hydrogens is 276 g/mol. The van der Waals surface area contributed by atoms with Gasteiger partial charge < -0.3 is 10.1 Å². The molecule has 0 aliphatic carbocycles. The third-order valence-electron chi connectivity index (χ3n) is 3.01. The molecule has 0 saturated heterocycles. The SMILES string of the molecule is COc1cc([N+](=O)[O-])ccc1C(=O)NCc1cn[nH]c1C. The van der Waals surface area contributed by atoms with Gasteiger partial charge in [0.05, 0.1) is 29.9 Å². The highest BCUT2D eigenvalue weighted by Crippen LogP contribution is 2.24. The summed E-state index contributed by atoms with van der Waals surface area (Å²) < 4.78 is 5.03. The number of aromatic nitrogens is 2. The zero-order valence-corrected chi connectivity index (χ0v) is 11.5. The van der Waals surface area contributed by atoms with Gasteiger partial charge in [-0.2, -0.15) is 5.10 Å². The molecule has 0 aliphatic heterocycles. The molecule has 21 heavy (non-hydrogen) atoms. The number of H-pyrrole nitrogens is 1. The van der Waals surface area contributed by atoms with Crippen molar-refractivity contribution in [3.63, 3.8) is 0 Å². The number of hydrogen-bond donors (Lipinski definition) is 2. The number of nitrogens with one attached hydrogen (secondary N) is 2. The van der Waals surface area contributed by atoms with E-state index in [0.717, 1.165) is 11.3 Å². The van der Waals surface area contributed by atoms with Gasteiger partial charge in [0.25, 0.3) is 11.6 Å². The van der Waals surface area contributed by atoms with Crippen molar-refractivity contribution < 1.29 is 14.5 Å². The summed E-state index contributed by atoms with van der Waals surface area (Å²) in [7, 11) is 1.36. The van der Waals surface area contributed by atoms with Gasteiger partial charge in [-0.15, -0.1) is 0 Å². The zero-order chi connectivity index (χ0) is 15.4. The van der Waals surface area contributed by atoms with Crippen molar-refractivity contribution in [2.45, 2.75) is 13.5 Å². The Balaban J connectivity index is 2.15. The van der Waals surface area contributed by atoms with Gasteiger partial charge >= 0.3 is 0 Å². The number of non-ortho nitro benzene ring substituents is 1. The van der Waals surface area contributed by atoms with Crippen molar-refractivity contribution >= 4 is 11.6 Å². The van der Waals surface area contributed by atoms with Crippen molar-refractivity contribution in [2.75, 3.05) is 7.11 Å². The number of hydrogen-bond acceptors (Lipinski definition) is 5. The van der Waals surface area contributed by atoms with Crippen LogP contribution in [0.4, 0.5) is 5.69 Å². The molecule has 0 unspecified atom stereocenters. The Bertz CT molecular complexity index is 681. The van der Waals surface area contributed by atoms with Gasteiger partial charge in [-0.1, -0.05) is 0 Å². The number of aryl methyl sites for hydroxylation is 1. The highest BCUT2D eigenvalue weighted by Gasteiger charge is 2.16. The van der Waals surface area contributed by atoms with Gasteiger partial charge in [0, 0.05) is 23.9 Å². The van der Waals surface area contributed by atoms with Crippen LogP contribution in [0.15, 0.2) is 24.4 Å². The molecule has 0 fully saturated rings. The Labute approximate surface area is 120 Å². The number of methoxy groups -OCH3 is 1. The molecule has 2 rings (SSSR count). The summed E-state index contributed by atoms with van der Waals surface area (Å²) in [5.74, 6) is -0.215. The van der Waals surface area contributed by atoms with Crippen molar-refractivity contribution in [1.82, 2.24) is 15.5 Å². The van der Waals surface area contributed by atoms with E-state index < -0.39 is 4.92 Å². The van der Waals surface area contributed by atoms with Crippen LogP contribution < -0.4 is 10.1 Å². The first-order chi connectivity index (χ1) is 10.0. The average molecular weight is 290 g/mol. The van der Waals surface area contributed by atoms with Gasteiger partial charge in [-0.25, -0.2) is 0 Å². The largest absolute Gasteiger partial charge is 0.496 e. The molecule has 1 aromatic carbocycles. The molecule has 0 spiro atoms. The van der Waals surface area contributed by atoms with Gasteiger partial charge in [-0.3, -0.25) is 20.0 Å². The molecule has 1 aromatic heterocycles. The molecular formula is C13H14N4O4. The predicted octanol–water partition coefficient (Wildman–Crippen LogP) is 1.56. The third kappa shape index (κ3) is 3.16. The molecule has 1 heterocycles. The minimum Gasteiger partial charge on any atom is -0.496 e. The number of amides is 1. The molecule has 2 N–H and O–H groups in total. The number of rotatable bonds is 5. The minimum absolute atomic E-state index is 0.130. The fraction of sp³-hybridized carbons (Fsp3) is 0.231. The molecule has 0 bridgehead atoms. The Hall–Kier alpha value is -2.90. The lowest BCUT2D eigenvalue weighted by Gasteiger charge is -2.09. The van der Waals surface area contributed by atoms with Crippen LogP contribution in [0.3, 0.4) is 0 Å². The predicted molar refractivity (Wildman–Crippen MR) is 74.1 cm³/mol. The molecule has 8 nitrogen and oxygen atoms in total. The summed E-state index contributed by atoms with van der Waals surface area (Å²) in [6, 6.07) is 3.85. The molecule has 0 saturated carbocycles. The Morgan fingerprint density at radius 2 is 2.29 bits per heavy atom. The van der Waals surface area contributed by atoms with E-state index in [9.17, 15) is 14.9 Å². The first kappa shape index (κ1) is 14.5. The number of nitro benzene ring substituents is 1. The lowest BCUT2D eigenvalue weighted by molar-refractivity contribution is -0.384. The monoisotopic (exact) mass is 290 g/mol. The quantitative estimate of drug-likeness (QED) is 0.641. The Morgan fingerprint density at radius 3 is 2.86 bits per heavy atom. The molecule has 2 aromatic rings. The van der Waals surface area contributed by atoms with E-state index in [1.807, 2.05) is 6.92 Å². The average Bonchev–Trinajstić information content (AvgIpc) is 2.89. The molecule has 8 heteroatoms. The van der Waals surface area contributed by atoms with Crippen molar-refractivity contribution in [3.8, 4) is 5.75 Å². The van der Waals surface area contributed by atoms with E-state index in [1.54, 1.807) is 6.20 Å². The number of carbonyl (C=O) groups excluding carboxylic acids is 1. The maximum atomic E-state index is 12.1. The van der Waals surface area contributed by atoms with Crippen LogP contribution in [0.2, 0.25) is 0 Å². The normalized spacial score (nSPS) is 10.2. The number of aromatic amines is 1. The van der Waals surface area contributed by atoms with Crippen LogP contribution in [0.1, 0.15) is 21.6 Å². The first-order valence-corrected chi connectivity index (χ1v) is 6.12. The maximum Gasteiger partial charge on any atom is 0.273 e. The second-order valence-corrected chi connectivity index (χ2v) is 4.34. The van der Waals surface area contributed by atoms with Crippen molar-refractivity contribution in [3.05, 3.63) is 51.3 Å². The molecule has 110 valence electrons. The van der Waals surface area contributed by atoms with Crippen molar-refractivity contribution in [2.24, 2.45) is 0 Å². The van der Waals surface area contributed by atoms with Gasteiger partial charge in [-0.05, 0) is 13.0 Å². The molecule has 0 atom stereocenters. The number of nitrogens with zero attached hydrogens (tertiary/aromatic N) is 2.